The first kappa shape index (κ1) is 20.9. The van der Waals surface area contributed by atoms with Gasteiger partial charge in [0.2, 0.25) is 15.9 Å². The van der Waals surface area contributed by atoms with E-state index < -0.39 is 10.0 Å². The van der Waals surface area contributed by atoms with Crippen molar-refractivity contribution in [2.45, 2.75) is 17.7 Å². The number of para-hydroxylation sites is 2. The second kappa shape index (κ2) is 8.69. The monoisotopic (exact) mass is 442 g/mol. The lowest BCUT2D eigenvalue weighted by atomic mass is 9.97. The summed E-state index contributed by atoms with van der Waals surface area (Å²) in [7, 11) is -2.29. The number of benzene rings is 2. The third-order valence-electron chi connectivity index (χ3n) is 4.71. The first-order chi connectivity index (χ1) is 13.3. The number of halogens is 2. The predicted octanol–water partition coefficient (Wildman–Crippen LogP) is 4.04. The van der Waals surface area contributed by atoms with Gasteiger partial charge >= 0.3 is 0 Å². The molecule has 150 valence electrons. The summed E-state index contributed by atoms with van der Waals surface area (Å²) < 4.78 is 32.4. The lowest BCUT2D eigenvalue weighted by Gasteiger charge is -2.31. The maximum Gasteiger partial charge on any atom is 0.246 e. The highest BCUT2D eigenvalue weighted by molar-refractivity contribution is 7.89. The number of piperidine rings is 1. The minimum absolute atomic E-state index is 0.0866. The van der Waals surface area contributed by atoms with Crippen molar-refractivity contribution < 1.29 is 17.9 Å². The molecule has 0 atom stereocenters. The highest BCUT2D eigenvalue weighted by Crippen LogP contribution is 2.33. The van der Waals surface area contributed by atoms with E-state index in [1.807, 2.05) is 6.07 Å². The van der Waals surface area contributed by atoms with Crippen LogP contribution in [0.2, 0.25) is 10.0 Å². The molecular weight excluding hydrogens is 423 g/mol. The summed E-state index contributed by atoms with van der Waals surface area (Å²) in [5, 5.41) is 3.03. The molecule has 1 saturated heterocycles. The van der Waals surface area contributed by atoms with Gasteiger partial charge in [-0.1, -0.05) is 41.4 Å². The molecule has 0 unspecified atom stereocenters. The van der Waals surface area contributed by atoms with Gasteiger partial charge in [-0.3, -0.25) is 4.79 Å². The second-order valence-corrected chi connectivity index (χ2v) is 9.11. The van der Waals surface area contributed by atoms with E-state index >= 15 is 0 Å². The van der Waals surface area contributed by atoms with Crippen molar-refractivity contribution in [3.63, 3.8) is 0 Å². The molecule has 3 rings (SSSR count). The molecule has 0 radical (unpaired) electrons. The van der Waals surface area contributed by atoms with E-state index in [9.17, 15) is 13.2 Å². The lowest BCUT2D eigenvalue weighted by molar-refractivity contribution is -0.120. The number of nitrogens with zero attached hydrogens (tertiary/aromatic N) is 1. The Morgan fingerprint density at radius 2 is 1.68 bits per heavy atom. The first-order valence-corrected chi connectivity index (χ1v) is 10.9. The van der Waals surface area contributed by atoms with Crippen LogP contribution in [0.5, 0.6) is 5.75 Å². The van der Waals surface area contributed by atoms with Gasteiger partial charge in [0.05, 0.1) is 22.8 Å². The molecule has 0 saturated carbocycles. The number of rotatable bonds is 5. The van der Waals surface area contributed by atoms with Crippen molar-refractivity contribution in [3.05, 3.63) is 52.5 Å². The molecule has 1 aliphatic heterocycles. The molecule has 2 aromatic rings. The molecule has 0 bridgehead atoms. The van der Waals surface area contributed by atoms with Gasteiger partial charge in [0, 0.05) is 19.0 Å². The molecule has 0 aliphatic carbocycles. The summed E-state index contributed by atoms with van der Waals surface area (Å²) in [5.41, 5.74) is 0.591. The fourth-order valence-electron chi connectivity index (χ4n) is 3.20. The number of anilines is 1. The Morgan fingerprint density at radius 3 is 2.29 bits per heavy atom. The van der Waals surface area contributed by atoms with E-state index in [0.717, 1.165) is 0 Å². The predicted molar refractivity (Wildman–Crippen MR) is 110 cm³/mol. The SMILES string of the molecule is COc1ccccc1NC(=O)C1CCN(S(=O)(=O)c2c(Cl)cccc2Cl)CC1. The second-order valence-electron chi connectivity index (χ2n) is 6.42. The topological polar surface area (TPSA) is 75.7 Å². The standard InChI is InChI=1S/C19H20Cl2N2O4S/c1-27-17-8-3-2-7-16(17)22-19(24)13-9-11-23(12-10-13)28(25,26)18-14(20)5-4-6-15(18)21/h2-8,13H,9-12H2,1H3,(H,22,24). The van der Waals surface area contributed by atoms with Crippen LogP contribution >= 0.6 is 23.2 Å². The van der Waals surface area contributed by atoms with E-state index in [-0.39, 0.29) is 39.9 Å². The highest BCUT2D eigenvalue weighted by Gasteiger charge is 2.34. The number of ether oxygens (including phenoxy) is 1. The van der Waals surface area contributed by atoms with E-state index in [4.69, 9.17) is 27.9 Å². The third-order valence-corrected chi connectivity index (χ3v) is 7.56. The van der Waals surface area contributed by atoms with Crippen LogP contribution in [0.25, 0.3) is 0 Å². The molecular formula is C19H20Cl2N2O4S. The van der Waals surface area contributed by atoms with Crippen molar-refractivity contribution in [2.24, 2.45) is 5.92 Å². The van der Waals surface area contributed by atoms with Gasteiger partial charge in [-0.15, -0.1) is 0 Å². The van der Waals surface area contributed by atoms with Gasteiger partial charge in [-0.2, -0.15) is 4.31 Å². The Hall–Kier alpha value is -1.80. The normalized spacial score (nSPS) is 16.0. The van der Waals surface area contributed by atoms with Crippen molar-refractivity contribution in [1.82, 2.24) is 4.31 Å². The molecule has 1 aliphatic rings. The van der Waals surface area contributed by atoms with Crippen LogP contribution in [0.15, 0.2) is 47.4 Å². The van der Waals surface area contributed by atoms with Crippen LogP contribution in [0, 0.1) is 5.92 Å². The molecule has 2 aromatic carbocycles. The molecule has 1 N–H and O–H groups in total. The van der Waals surface area contributed by atoms with E-state index in [1.54, 1.807) is 24.3 Å². The largest absolute Gasteiger partial charge is 0.495 e. The van der Waals surface area contributed by atoms with Crippen molar-refractivity contribution in [2.75, 3.05) is 25.5 Å². The average molecular weight is 443 g/mol. The smallest absolute Gasteiger partial charge is 0.246 e. The van der Waals surface area contributed by atoms with Crippen LogP contribution < -0.4 is 10.1 Å². The zero-order valence-corrected chi connectivity index (χ0v) is 17.5. The number of hydrogen-bond donors (Lipinski definition) is 1. The molecule has 28 heavy (non-hydrogen) atoms. The van der Waals surface area contributed by atoms with Crippen LogP contribution in [-0.2, 0) is 14.8 Å². The first-order valence-electron chi connectivity index (χ1n) is 8.72. The van der Waals surface area contributed by atoms with Crippen LogP contribution in [0.1, 0.15) is 12.8 Å². The number of amides is 1. The zero-order valence-electron chi connectivity index (χ0n) is 15.2. The summed E-state index contributed by atoms with van der Waals surface area (Å²) in [4.78, 5) is 12.5. The molecule has 1 fully saturated rings. The van der Waals surface area contributed by atoms with E-state index in [0.29, 0.717) is 24.3 Å². The minimum atomic E-state index is -3.82. The van der Waals surface area contributed by atoms with Gasteiger partial charge in [0.1, 0.15) is 10.6 Å². The van der Waals surface area contributed by atoms with Gasteiger partial charge in [0.15, 0.2) is 0 Å². The van der Waals surface area contributed by atoms with Crippen molar-refractivity contribution >= 4 is 44.8 Å². The van der Waals surface area contributed by atoms with Gasteiger partial charge < -0.3 is 10.1 Å². The van der Waals surface area contributed by atoms with Crippen LogP contribution in [0.4, 0.5) is 5.69 Å². The van der Waals surface area contributed by atoms with Crippen LogP contribution in [-0.4, -0.2) is 38.8 Å². The molecule has 9 heteroatoms. The van der Waals surface area contributed by atoms with Crippen molar-refractivity contribution in [3.8, 4) is 5.75 Å². The Morgan fingerprint density at radius 1 is 1.07 bits per heavy atom. The lowest BCUT2D eigenvalue weighted by Crippen LogP contribution is -2.41. The number of sulfonamides is 1. The van der Waals surface area contributed by atoms with Gasteiger partial charge in [0.25, 0.3) is 0 Å². The maximum absolute atomic E-state index is 12.9. The summed E-state index contributed by atoms with van der Waals surface area (Å²) in [6.45, 7) is 0.432. The Balaban J connectivity index is 1.68. The number of hydrogen-bond acceptors (Lipinski definition) is 4. The number of carbonyl (C=O) groups excluding carboxylic acids is 1. The number of carbonyl (C=O) groups is 1. The quantitative estimate of drug-likeness (QED) is 0.757. The fraction of sp³-hybridized carbons (Fsp3) is 0.316. The minimum Gasteiger partial charge on any atom is -0.495 e. The highest BCUT2D eigenvalue weighted by atomic mass is 35.5. The summed E-state index contributed by atoms with van der Waals surface area (Å²) in [6, 6.07) is 11.7. The fourth-order valence-corrected chi connectivity index (χ4v) is 5.76. The number of nitrogens with one attached hydrogen (secondary N) is 1. The average Bonchev–Trinajstić information content (AvgIpc) is 2.68. The Kier molecular flexibility index (Phi) is 6.50. The Labute approximate surface area is 174 Å². The van der Waals surface area contributed by atoms with E-state index in [1.165, 1.54) is 23.5 Å². The maximum atomic E-state index is 12.9. The third kappa shape index (κ3) is 4.27. The van der Waals surface area contributed by atoms with Gasteiger partial charge in [-0.05, 0) is 37.1 Å². The summed E-state index contributed by atoms with van der Waals surface area (Å²) in [5.74, 6) is 0.125. The van der Waals surface area contributed by atoms with Crippen LogP contribution in [0.3, 0.4) is 0 Å². The van der Waals surface area contributed by atoms with Gasteiger partial charge in [-0.25, -0.2) is 8.42 Å². The van der Waals surface area contributed by atoms with Crippen molar-refractivity contribution in [1.29, 1.82) is 0 Å². The molecule has 0 spiro atoms. The molecule has 1 heterocycles. The molecule has 6 nitrogen and oxygen atoms in total. The zero-order chi connectivity index (χ0) is 20.3. The number of methoxy groups -OCH3 is 1. The molecule has 1 amide bonds. The van der Waals surface area contributed by atoms with E-state index in [2.05, 4.69) is 5.32 Å². The molecule has 0 aromatic heterocycles. The Bertz CT molecular complexity index is 953. The summed E-state index contributed by atoms with van der Waals surface area (Å²) >= 11 is 12.1. The summed E-state index contributed by atoms with van der Waals surface area (Å²) in [6.07, 6.45) is 0.810.